The third-order valence-corrected chi connectivity index (χ3v) is 7.72. The highest BCUT2D eigenvalue weighted by molar-refractivity contribution is 6.03. The lowest BCUT2D eigenvalue weighted by Gasteiger charge is -2.27. The van der Waals surface area contributed by atoms with Gasteiger partial charge >= 0.3 is 0 Å². The second-order valence-corrected chi connectivity index (χ2v) is 10.9. The zero-order chi connectivity index (χ0) is 27.9. The minimum Gasteiger partial charge on any atom is -0.394 e. The Morgan fingerprint density at radius 3 is 2.18 bits per heavy atom. The van der Waals surface area contributed by atoms with Crippen LogP contribution in [0.2, 0.25) is 0 Å². The summed E-state index contributed by atoms with van der Waals surface area (Å²) in [5, 5.41) is 18.1. The molecule has 2 heterocycles. The molecule has 0 radical (unpaired) electrons. The van der Waals surface area contributed by atoms with Gasteiger partial charge in [0.15, 0.2) is 12.3 Å². The van der Waals surface area contributed by atoms with E-state index in [2.05, 4.69) is 116 Å². The second kappa shape index (κ2) is 12.9. The molecule has 0 saturated carbocycles. The molecule has 0 unspecified atom stereocenters. The number of benzene rings is 2. The number of anilines is 1. The lowest BCUT2D eigenvalue weighted by molar-refractivity contribution is -0.442. The first-order chi connectivity index (χ1) is 18.8. The molecular formula is C33H43N2O4+. The zero-order valence-electron chi connectivity index (χ0n) is 23.8. The molecule has 2 N–H and O–H groups in total. The van der Waals surface area contributed by atoms with Crippen LogP contribution in [0.5, 0.6) is 0 Å². The fourth-order valence-corrected chi connectivity index (χ4v) is 5.77. The highest BCUT2D eigenvalue weighted by Crippen LogP contribution is 2.47. The average Bonchev–Trinajstić information content (AvgIpc) is 3.28. The van der Waals surface area contributed by atoms with Crippen molar-refractivity contribution in [2.24, 2.45) is 0 Å². The molecule has 4 rings (SSSR count). The van der Waals surface area contributed by atoms with Crippen LogP contribution in [0.25, 0.3) is 0 Å². The maximum absolute atomic E-state index is 9.07. The van der Waals surface area contributed by atoms with Crippen molar-refractivity contribution < 1.29 is 24.3 Å². The molecule has 0 atom stereocenters. The third-order valence-electron chi connectivity index (χ3n) is 7.72. The van der Waals surface area contributed by atoms with Gasteiger partial charge in [-0.1, -0.05) is 68.5 Å². The Balaban J connectivity index is 1.57. The van der Waals surface area contributed by atoms with Crippen molar-refractivity contribution in [2.45, 2.75) is 38.5 Å². The topological polar surface area (TPSA) is 65.2 Å². The van der Waals surface area contributed by atoms with Gasteiger partial charge in [0, 0.05) is 41.1 Å². The van der Waals surface area contributed by atoms with Gasteiger partial charge in [-0.25, -0.2) is 0 Å². The van der Waals surface area contributed by atoms with Gasteiger partial charge in [-0.15, -0.1) is 0 Å². The van der Waals surface area contributed by atoms with E-state index < -0.39 is 0 Å². The summed E-state index contributed by atoms with van der Waals surface area (Å²) in [6.07, 6.45) is 10.7. The van der Waals surface area contributed by atoms with E-state index in [0.29, 0.717) is 26.4 Å². The van der Waals surface area contributed by atoms with E-state index in [0.717, 1.165) is 13.1 Å². The molecule has 0 spiro atoms. The van der Waals surface area contributed by atoms with Crippen LogP contribution in [-0.2, 0) is 20.3 Å². The summed E-state index contributed by atoms with van der Waals surface area (Å²) in [4.78, 5) is 2.33. The van der Waals surface area contributed by atoms with E-state index in [9.17, 15) is 0 Å². The first kappa shape index (κ1) is 29.0. The largest absolute Gasteiger partial charge is 0.394 e. The zero-order valence-corrected chi connectivity index (χ0v) is 23.8. The molecule has 6 heteroatoms. The highest BCUT2D eigenvalue weighted by Gasteiger charge is 2.44. The number of hydrogen-bond donors (Lipinski definition) is 2. The van der Waals surface area contributed by atoms with E-state index in [-0.39, 0.29) is 24.0 Å². The SMILES string of the molecule is CC1(C)C(=CC=CC=CC2=[N+](CCOCCO)c3ccccc3C2(C)C)N(CCOCCO)c2ccccc21. The van der Waals surface area contributed by atoms with Crippen molar-refractivity contribution in [2.75, 3.05) is 57.6 Å². The smallest absolute Gasteiger partial charge is 0.209 e. The Morgan fingerprint density at radius 1 is 0.769 bits per heavy atom. The molecule has 0 saturated heterocycles. The molecule has 2 aliphatic heterocycles. The van der Waals surface area contributed by atoms with Gasteiger partial charge in [-0.05, 0) is 31.6 Å². The Kier molecular flexibility index (Phi) is 9.57. The van der Waals surface area contributed by atoms with Crippen molar-refractivity contribution in [3.05, 3.63) is 95.7 Å². The van der Waals surface area contributed by atoms with Crippen molar-refractivity contribution in [1.29, 1.82) is 0 Å². The predicted molar refractivity (Wildman–Crippen MR) is 158 cm³/mol. The number of hydrogen-bond acceptors (Lipinski definition) is 5. The van der Waals surface area contributed by atoms with E-state index in [1.165, 1.54) is 33.9 Å². The van der Waals surface area contributed by atoms with Crippen LogP contribution in [-0.4, -0.2) is 73.2 Å². The number of ether oxygens (including phenoxy) is 2. The lowest BCUT2D eigenvalue weighted by atomic mass is 9.81. The molecule has 39 heavy (non-hydrogen) atoms. The lowest BCUT2D eigenvalue weighted by Crippen LogP contribution is -2.29. The van der Waals surface area contributed by atoms with Gasteiger partial charge in [0.05, 0.1) is 38.4 Å². The number of rotatable bonds is 13. The summed E-state index contributed by atoms with van der Waals surface area (Å²) >= 11 is 0. The second-order valence-electron chi connectivity index (χ2n) is 10.9. The molecule has 2 aliphatic rings. The average molecular weight is 532 g/mol. The molecule has 0 aliphatic carbocycles. The fraction of sp³-hybridized carbons (Fsp3) is 0.424. The fourth-order valence-electron chi connectivity index (χ4n) is 5.77. The number of aliphatic hydroxyl groups is 2. The Hall–Kier alpha value is -3.03. The first-order valence-corrected chi connectivity index (χ1v) is 13.9. The molecule has 0 fully saturated rings. The summed E-state index contributed by atoms with van der Waals surface area (Å²) in [5.41, 5.74) is 7.24. The van der Waals surface area contributed by atoms with Gasteiger partial charge in [-0.2, -0.15) is 4.58 Å². The van der Waals surface area contributed by atoms with Crippen molar-refractivity contribution in [3.63, 3.8) is 0 Å². The normalized spacial score (nSPS) is 18.6. The van der Waals surface area contributed by atoms with Crippen LogP contribution in [0.3, 0.4) is 0 Å². The summed E-state index contributed by atoms with van der Waals surface area (Å²) in [6.45, 7) is 12.4. The van der Waals surface area contributed by atoms with Crippen LogP contribution in [0, 0.1) is 0 Å². The van der Waals surface area contributed by atoms with Crippen LogP contribution < -0.4 is 4.90 Å². The van der Waals surface area contributed by atoms with E-state index >= 15 is 0 Å². The third kappa shape index (κ3) is 6.10. The van der Waals surface area contributed by atoms with Gasteiger partial charge < -0.3 is 24.6 Å². The van der Waals surface area contributed by atoms with Crippen molar-refractivity contribution in [3.8, 4) is 0 Å². The summed E-state index contributed by atoms with van der Waals surface area (Å²) in [5.74, 6) is 0. The first-order valence-electron chi connectivity index (χ1n) is 13.9. The Labute approximate surface area is 233 Å². The summed E-state index contributed by atoms with van der Waals surface area (Å²) in [6, 6.07) is 17.1. The molecule has 2 aromatic rings. The minimum atomic E-state index is -0.128. The van der Waals surface area contributed by atoms with Crippen LogP contribution in [0.15, 0.2) is 84.6 Å². The summed E-state index contributed by atoms with van der Waals surface area (Å²) in [7, 11) is 0. The molecule has 2 aromatic carbocycles. The number of aliphatic hydroxyl groups excluding tert-OH is 2. The predicted octanol–water partition coefficient (Wildman–Crippen LogP) is 4.87. The minimum absolute atomic E-state index is 0.0356. The number of para-hydroxylation sites is 2. The van der Waals surface area contributed by atoms with E-state index in [1.807, 2.05) is 0 Å². The van der Waals surface area contributed by atoms with E-state index in [4.69, 9.17) is 19.7 Å². The molecule has 6 nitrogen and oxygen atoms in total. The van der Waals surface area contributed by atoms with Crippen LogP contribution in [0.4, 0.5) is 11.4 Å². The van der Waals surface area contributed by atoms with Crippen molar-refractivity contribution in [1.82, 2.24) is 0 Å². The number of nitrogens with zero attached hydrogens (tertiary/aromatic N) is 2. The van der Waals surface area contributed by atoms with Gasteiger partial charge in [0.1, 0.15) is 6.61 Å². The number of fused-ring (bicyclic) bond motifs is 2. The standard InChI is InChI=1S/C33H43N2O4/c1-32(2)26-12-8-10-14-28(26)34(18-22-38-24-20-36)30(32)16-6-5-7-17-31-33(3,4)27-13-9-11-15-29(27)35(31)19-23-39-25-21-37/h5-17,36-37H,18-25H2,1-4H3/q+1. The maximum atomic E-state index is 9.07. The monoisotopic (exact) mass is 531 g/mol. The van der Waals surface area contributed by atoms with Crippen LogP contribution in [0.1, 0.15) is 38.8 Å². The molecular weight excluding hydrogens is 488 g/mol. The van der Waals surface area contributed by atoms with Gasteiger partial charge in [-0.3, -0.25) is 0 Å². The summed E-state index contributed by atoms with van der Waals surface area (Å²) < 4.78 is 13.5. The Bertz CT molecular complexity index is 1260. The number of allylic oxidation sites excluding steroid dienone is 6. The molecule has 0 aromatic heterocycles. The quantitative estimate of drug-likeness (QED) is 0.219. The Morgan fingerprint density at radius 2 is 1.44 bits per heavy atom. The molecule has 0 amide bonds. The molecule has 0 bridgehead atoms. The van der Waals surface area contributed by atoms with Gasteiger partial charge in [0.25, 0.3) is 0 Å². The van der Waals surface area contributed by atoms with Gasteiger partial charge in [0.2, 0.25) is 5.69 Å². The maximum Gasteiger partial charge on any atom is 0.209 e. The molecule has 208 valence electrons. The van der Waals surface area contributed by atoms with Crippen molar-refractivity contribution >= 4 is 17.1 Å². The highest BCUT2D eigenvalue weighted by atomic mass is 16.5. The van der Waals surface area contributed by atoms with Crippen LogP contribution >= 0.6 is 0 Å². The van der Waals surface area contributed by atoms with E-state index in [1.54, 1.807) is 0 Å².